The first-order valence-electron chi connectivity index (χ1n) is 9.61. The maximum absolute atomic E-state index is 13.1. The van der Waals surface area contributed by atoms with E-state index in [-0.39, 0.29) is 18.3 Å². The Morgan fingerprint density at radius 3 is 1.83 bits per heavy atom. The highest BCUT2D eigenvalue weighted by Gasteiger charge is 2.27. The van der Waals surface area contributed by atoms with Crippen LogP contribution in [0.1, 0.15) is 22.6 Å². The number of benzene rings is 3. The molecule has 3 aromatic rings. The zero-order valence-electron chi connectivity index (χ0n) is 16.3. The van der Waals surface area contributed by atoms with E-state index in [1.165, 1.54) is 12.1 Å². The molecule has 0 aliphatic rings. The number of amides is 2. The SMILES string of the molecule is O=C(N[C@@H](CO)C(=O)NCc1ccc(F)cc1)C(c1ccccc1)c1ccccc1. The first kappa shape index (κ1) is 21.2. The molecule has 3 aromatic carbocycles. The van der Waals surface area contributed by atoms with Gasteiger partial charge in [-0.2, -0.15) is 0 Å². The van der Waals surface area contributed by atoms with Crippen LogP contribution in [0.4, 0.5) is 4.39 Å². The Bertz CT molecular complexity index is 923. The van der Waals surface area contributed by atoms with E-state index >= 15 is 0 Å². The molecule has 2 amide bonds. The molecule has 0 fully saturated rings. The normalized spacial score (nSPS) is 11.7. The molecule has 5 nitrogen and oxygen atoms in total. The predicted molar refractivity (Wildman–Crippen MR) is 112 cm³/mol. The fraction of sp³-hybridized carbons (Fsp3) is 0.167. The first-order valence-corrected chi connectivity index (χ1v) is 9.61. The van der Waals surface area contributed by atoms with Crippen LogP contribution < -0.4 is 10.6 Å². The van der Waals surface area contributed by atoms with Crippen molar-refractivity contribution in [3.05, 3.63) is 107 Å². The monoisotopic (exact) mass is 406 g/mol. The topological polar surface area (TPSA) is 78.4 Å². The van der Waals surface area contributed by atoms with Crippen molar-refractivity contribution >= 4 is 11.8 Å². The number of aliphatic hydroxyl groups is 1. The summed E-state index contributed by atoms with van der Waals surface area (Å²) < 4.78 is 13.0. The van der Waals surface area contributed by atoms with Gasteiger partial charge in [0.2, 0.25) is 11.8 Å². The molecule has 30 heavy (non-hydrogen) atoms. The summed E-state index contributed by atoms with van der Waals surface area (Å²) in [7, 11) is 0. The first-order chi connectivity index (χ1) is 14.6. The van der Waals surface area contributed by atoms with Crippen molar-refractivity contribution in [1.82, 2.24) is 10.6 Å². The predicted octanol–water partition coefficient (Wildman–Crippen LogP) is 2.75. The van der Waals surface area contributed by atoms with Crippen molar-refractivity contribution in [1.29, 1.82) is 0 Å². The van der Waals surface area contributed by atoms with E-state index in [4.69, 9.17) is 0 Å². The Balaban J connectivity index is 1.71. The summed E-state index contributed by atoms with van der Waals surface area (Å²) >= 11 is 0. The Hall–Kier alpha value is -3.51. The largest absolute Gasteiger partial charge is 0.394 e. The maximum atomic E-state index is 13.1. The molecule has 3 N–H and O–H groups in total. The van der Waals surface area contributed by atoms with Gasteiger partial charge in [0, 0.05) is 6.54 Å². The minimum atomic E-state index is -1.10. The van der Waals surface area contributed by atoms with Gasteiger partial charge in [-0.05, 0) is 28.8 Å². The van der Waals surface area contributed by atoms with Crippen LogP contribution >= 0.6 is 0 Å². The number of nitrogens with one attached hydrogen (secondary N) is 2. The van der Waals surface area contributed by atoms with E-state index in [1.54, 1.807) is 12.1 Å². The number of hydrogen-bond donors (Lipinski definition) is 3. The molecule has 0 aliphatic carbocycles. The van der Waals surface area contributed by atoms with Crippen LogP contribution in [0, 0.1) is 5.82 Å². The molecule has 0 saturated carbocycles. The van der Waals surface area contributed by atoms with Gasteiger partial charge in [-0.3, -0.25) is 9.59 Å². The molecule has 0 unspecified atom stereocenters. The zero-order chi connectivity index (χ0) is 21.3. The number of rotatable bonds is 8. The summed E-state index contributed by atoms with van der Waals surface area (Å²) in [6.07, 6.45) is 0. The van der Waals surface area contributed by atoms with Crippen molar-refractivity contribution in [3.63, 3.8) is 0 Å². The highest BCUT2D eigenvalue weighted by molar-refractivity contribution is 5.92. The lowest BCUT2D eigenvalue weighted by atomic mass is 9.90. The van der Waals surface area contributed by atoms with Gasteiger partial charge in [0.15, 0.2) is 0 Å². The maximum Gasteiger partial charge on any atom is 0.245 e. The Kier molecular flexibility index (Phi) is 7.29. The molecule has 6 heteroatoms. The van der Waals surface area contributed by atoms with E-state index in [1.807, 2.05) is 60.7 Å². The number of carbonyl (C=O) groups excluding carboxylic acids is 2. The van der Waals surface area contributed by atoms with Gasteiger partial charge < -0.3 is 15.7 Å². The number of hydrogen-bond acceptors (Lipinski definition) is 3. The second kappa shape index (κ2) is 10.3. The van der Waals surface area contributed by atoms with Gasteiger partial charge in [0.05, 0.1) is 12.5 Å². The fourth-order valence-corrected chi connectivity index (χ4v) is 3.15. The Morgan fingerprint density at radius 1 is 0.800 bits per heavy atom. The third-order valence-corrected chi connectivity index (χ3v) is 4.72. The Labute approximate surface area is 174 Å². The summed E-state index contributed by atoms with van der Waals surface area (Å²) in [6, 6.07) is 23.1. The lowest BCUT2D eigenvalue weighted by Crippen LogP contribution is -2.50. The lowest BCUT2D eigenvalue weighted by Gasteiger charge is -2.22. The number of carbonyl (C=O) groups is 2. The smallest absolute Gasteiger partial charge is 0.245 e. The van der Waals surface area contributed by atoms with E-state index in [0.717, 1.165) is 11.1 Å². The number of halogens is 1. The van der Waals surface area contributed by atoms with Gasteiger partial charge >= 0.3 is 0 Å². The van der Waals surface area contributed by atoms with Crippen LogP contribution in [0.2, 0.25) is 0 Å². The van der Waals surface area contributed by atoms with Gasteiger partial charge in [0.1, 0.15) is 11.9 Å². The van der Waals surface area contributed by atoms with Crippen LogP contribution in [-0.4, -0.2) is 29.6 Å². The second-order valence-corrected chi connectivity index (χ2v) is 6.84. The summed E-state index contributed by atoms with van der Waals surface area (Å²) in [5, 5.41) is 15.0. The molecule has 0 saturated heterocycles. The fourth-order valence-electron chi connectivity index (χ4n) is 3.15. The highest BCUT2D eigenvalue weighted by Crippen LogP contribution is 2.24. The molecule has 1 atom stereocenters. The van der Waals surface area contributed by atoms with E-state index in [0.29, 0.717) is 5.56 Å². The van der Waals surface area contributed by atoms with Crippen LogP contribution in [0.3, 0.4) is 0 Å². The minimum absolute atomic E-state index is 0.159. The summed E-state index contributed by atoms with van der Waals surface area (Å²) in [6.45, 7) is -0.385. The van der Waals surface area contributed by atoms with Crippen molar-refractivity contribution < 1.29 is 19.1 Å². The van der Waals surface area contributed by atoms with Crippen molar-refractivity contribution in [2.75, 3.05) is 6.61 Å². The molecule has 0 aliphatic heterocycles. The van der Waals surface area contributed by atoms with Crippen LogP contribution in [0.5, 0.6) is 0 Å². The molecule has 0 spiro atoms. The third-order valence-electron chi connectivity index (χ3n) is 4.72. The molecule has 0 heterocycles. The zero-order valence-corrected chi connectivity index (χ0v) is 16.3. The average molecular weight is 406 g/mol. The molecule has 3 rings (SSSR count). The van der Waals surface area contributed by atoms with Gasteiger partial charge in [0.25, 0.3) is 0 Å². The number of aliphatic hydroxyl groups excluding tert-OH is 1. The van der Waals surface area contributed by atoms with Gasteiger partial charge in [-0.1, -0.05) is 72.8 Å². The molecule has 154 valence electrons. The minimum Gasteiger partial charge on any atom is -0.394 e. The molecular weight excluding hydrogens is 383 g/mol. The molecule has 0 bridgehead atoms. The standard InChI is InChI=1S/C24H23FN2O3/c25-20-13-11-17(12-14-20)15-26-23(29)21(16-28)27-24(30)22(18-7-3-1-4-8-18)19-9-5-2-6-10-19/h1-14,21-22,28H,15-16H2,(H,26,29)(H,27,30)/t21-/m0/s1. The molecule has 0 radical (unpaired) electrons. The average Bonchev–Trinajstić information content (AvgIpc) is 2.78. The highest BCUT2D eigenvalue weighted by atomic mass is 19.1. The van der Waals surface area contributed by atoms with Gasteiger partial charge in [-0.15, -0.1) is 0 Å². The van der Waals surface area contributed by atoms with Crippen LogP contribution in [0.15, 0.2) is 84.9 Å². The van der Waals surface area contributed by atoms with Crippen molar-refractivity contribution in [2.24, 2.45) is 0 Å². The second-order valence-electron chi connectivity index (χ2n) is 6.84. The van der Waals surface area contributed by atoms with E-state index in [2.05, 4.69) is 10.6 Å². The molecular formula is C24H23FN2O3. The van der Waals surface area contributed by atoms with Gasteiger partial charge in [-0.25, -0.2) is 4.39 Å². The van der Waals surface area contributed by atoms with Crippen molar-refractivity contribution in [3.8, 4) is 0 Å². The van der Waals surface area contributed by atoms with E-state index in [9.17, 15) is 19.1 Å². The summed E-state index contributed by atoms with van der Waals surface area (Å²) in [4.78, 5) is 25.6. The van der Waals surface area contributed by atoms with Crippen molar-refractivity contribution in [2.45, 2.75) is 18.5 Å². The van der Waals surface area contributed by atoms with E-state index < -0.39 is 24.5 Å². The molecule has 0 aromatic heterocycles. The quantitative estimate of drug-likeness (QED) is 0.538. The summed E-state index contributed by atoms with van der Waals surface area (Å²) in [5.41, 5.74) is 2.27. The van der Waals surface area contributed by atoms with Crippen LogP contribution in [-0.2, 0) is 16.1 Å². The summed E-state index contributed by atoms with van der Waals surface area (Å²) in [5.74, 6) is -1.89. The third kappa shape index (κ3) is 5.52. The van der Waals surface area contributed by atoms with Crippen LogP contribution in [0.25, 0.3) is 0 Å². The lowest BCUT2D eigenvalue weighted by molar-refractivity contribution is -0.130. The Morgan fingerprint density at radius 2 is 1.33 bits per heavy atom.